The summed E-state index contributed by atoms with van der Waals surface area (Å²) in [5.41, 5.74) is 5.46. The van der Waals surface area contributed by atoms with Gasteiger partial charge in [-0.05, 0) is 6.42 Å². The monoisotopic (exact) mass is 263 g/mol. The van der Waals surface area contributed by atoms with Crippen molar-refractivity contribution in [3.05, 3.63) is 33.5 Å². The van der Waals surface area contributed by atoms with Gasteiger partial charge in [0.1, 0.15) is 0 Å². The van der Waals surface area contributed by atoms with Crippen molar-refractivity contribution in [2.24, 2.45) is 0 Å². The number of nitrogens with one attached hydrogen (secondary N) is 1. The van der Waals surface area contributed by atoms with E-state index in [9.17, 15) is 9.59 Å². The van der Waals surface area contributed by atoms with Gasteiger partial charge in [0.15, 0.2) is 11.2 Å². The van der Waals surface area contributed by atoms with Crippen LogP contribution in [0, 0.1) is 0 Å². The van der Waals surface area contributed by atoms with Crippen LogP contribution in [0.15, 0.2) is 22.2 Å². The summed E-state index contributed by atoms with van der Waals surface area (Å²) in [6.45, 7) is 6.41. The molecule has 2 rings (SSSR count). The average molecular weight is 263 g/mol. The highest BCUT2D eigenvalue weighted by atomic mass is 16.2. The lowest BCUT2D eigenvalue weighted by Gasteiger charge is -2.00. The highest BCUT2D eigenvalue weighted by Gasteiger charge is 2.16. The summed E-state index contributed by atoms with van der Waals surface area (Å²) in [5.74, 6) is 0.0125. The van der Waals surface area contributed by atoms with Crippen molar-refractivity contribution in [1.82, 2.24) is 19.1 Å². The van der Waals surface area contributed by atoms with Gasteiger partial charge in [0.25, 0.3) is 5.56 Å². The van der Waals surface area contributed by atoms with E-state index in [-0.39, 0.29) is 23.7 Å². The Morgan fingerprint density at radius 2 is 2.16 bits per heavy atom. The van der Waals surface area contributed by atoms with Gasteiger partial charge in [-0.3, -0.25) is 18.9 Å². The van der Waals surface area contributed by atoms with Gasteiger partial charge in [0.2, 0.25) is 5.95 Å². The van der Waals surface area contributed by atoms with Crippen molar-refractivity contribution in [2.75, 3.05) is 5.73 Å². The summed E-state index contributed by atoms with van der Waals surface area (Å²) < 4.78 is 2.86. The van der Waals surface area contributed by atoms with Crippen LogP contribution in [0.1, 0.15) is 19.8 Å². The number of allylic oxidation sites excluding steroid dienone is 1. The summed E-state index contributed by atoms with van der Waals surface area (Å²) in [6.07, 6.45) is 3.35. The Balaban J connectivity index is 2.80. The molecule has 7 heteroatoms. The molecule has 0 aliphatic rings. The van der Waals surface area contributed by atoms with Crippen LogP contribution in [0.2, 0.25) is 0 Å². The third kappa shape index (κ3) is 2.18. The first-order chi connectivity index (χ1) is 9.10. The first-order valence-electron chi connectivity index (χ1n) is 6.19. The Morgan fingerprint density at radius 3 is 2.79 bits per heavy atom. The normalized spacial score (nSPS) is 11.0. The average Bonchev–Trinajstić information content (AvgIpc) is 2.61. The van der Waals surface area contributed by atoms with Crippen molar-refractivity contribution in [3.8, 4) is 0 Å². The second-order valence-electron chi connectivity index (χ2n) is 4.31. The molecule has 102 valence electrons. The fourth-order valence-electron chi connectivity index (χ4n) is 2.05. The zero-order valence-corrected chi connectivity index (χ0v) is 10.8. The van der Waals surface area contributed by atoms with Crippen LogP contribution in [-0.2, 0) is 13.1 Å². The summed E-state index contributed by atoms with van der Waals surface area (Å²) >= 11 is 0. The number of hydrogen-bond acceptors (Lipinski definition) is 4. The van der Waals surface area contributed by atoms with Crippen LogP contribution in [0.25, 0.3) is 11.2 Å². The lowest BCUT2D eigenvalue weighted by atomic mass is 10.3. The first kappa shape index (κ1) is 13.1. The van der Waals surface area contributed by atoms with E-state index < -0.39 is 5.56 Å². The Labute approximate surface area is 109 Å². The van der Waals surface area contributed by atoms with E-state index in [4.69, 9.17) is 5.73 Å². The van der Waals surface area contributed by atoms with E-state index in [2.05, 4.69) is 16.5 Å². The molecule has 0 aromatic carbocycles. The predicted molar refractivity (Wildman–Crippen MR) is 74.1 cm³/mol. The van der Waals surface area contributed by atoms with Crippen LogP contribution < -0.4 is 17.0 Å². The molecule has 0 aliphatic heterocycles. The van der Waals surface area contributed by atoms with Gasteiger partial charge < -0.3 is 5.73 Å². The minimum Gasteiger partial charge on any atom is -0.369 e. The van der Waals surface area contributed by atoms with Gasteiger partial charge in [0.05, 0.1) is 0 Å². The Bertz CT molecular complexity index is 722. The number of rotatable bonds is 5. The maximum atomic E-state index is 12.3. The number of aromatic nitrogens is 4. The molecule has 0 fully saturated rings. The van der Waals surface area contributed by atoms with Gasteiger partial charge in [-0.1, -0.05) is 19.4 Å². The third-order valence-corrected chi connectivity index (χ3v) is 2.93. The lowest BCUT2D eigenvalue weighted by molar-refractivity contribution is 0.605. The molecule has 19 heavy (non-hydrogen) atoms. The van der Waals surface area contributed by atoms with Crippen LogP contribution in [0.3, 0.4) is 0 Å². The zero-order valence-electron chi connectivity index (χ0n) is 10.8. The quantitative estimate of drug-likeness (QED) is 0.765. The number of nitrogens with zero attached hydrogens (tertiary/aromatic N) is 3. The Morgan fingerprint density at radius 1 is 1.42 bits per heavy atom. The number of aromatic amines is 1. The molecule has 7 nitrogen and oxygen atoms in total. The van der Waals surface area contributed by atoms with E-state index in [0.29, 0.717) is 12.2 Å². The second-order valence-corrected chi connectivity index (χ2v) is 4.31. The fraction of sp³-hybridized carbons (Fsp3) is 0.417. The molecule has 0 atom stereocenters. The van der Waals surface area contributed by atoms with Gasteiger partial charge in [-0.25, -0.2) is 4.79 Å². The Hall–Kier alpha value is -2.31. The molecule has 0 spiro atoms. The zero-order chi connectivity index (χ0) is 14.0. The molecule has 0 saturated carbocycles. The number of H-pyrrole nitrogens is 1. The predicted octanol–water partition coefficient (Wildman–Crippen LogP) is 0.455. The number of nitrogen functional groups attached to an aromatic ring is 1. The SMILES string of the molecule is C=CCn1c(=O)n(CCCC)c2nc(N)[nH]c(=O)c21. The van der Waals surface area contributed by atoms with E-state index in [0.717, 1.165) is 12.8 Å². The highest BCUT2D eigenvalue weighted by Crippen LogP contribution is 2.08. The summed E-state index contributed by atoms with van der Waals surface area (Å²) in [7, 11) is 0. The molecule has 2 aromatic heterocycles. The van der Waals surface area contributed by atoms with Crippen LogP contribution >= 0.6 is 0 Å². The fourth-order valence-corrected chi connectivity index (χ4v) is 2.05. The number of unbranched alkanes of at least 4 members (excludes halogenated alkanes) is 1. The molecule has 0 aliphatic carbocycles. The maximum Gasteiger partial charge on any atom is 0.330 e. The smallest absolute Gasteiger partial charge is 0.330 e. The third-order valence-electron chi connectivity index (χ3n) is 2.93. The van der Waals surface area contributed by atoms with Crippen molar-refractivity contribution in [3.63, 3.8) is 0 Å². The van der Waals surface area contributed by atoms with E-state index in [1.54, 1.807) is 6.08 Å². The summed E-state index contributed by atoms with van der Waals surface area (Å²) in [4.78, 5) is 30.7. The van der Waals surface area contributed by atoms with E-state index >= 15 is 0 Å². The van der Waals surface area contributed by atoms with Crippen LogP contribution in [0.4, 0.5) is 5.95 Å². The van der Waals surface area contributed by atoms with Gasteiger partial charge in [-0.2, -0.15) is 4.98 Å². The second kappa shape index (κ2) is 5.13. The molecular formula is C12H17N5O2. The molecule has 0 saturated heterocycles. The number of imidazole rings is 1. The van der Waals surface area contributed by atoms with Crippen molar-refractivity contribution in [1.29, 1.82) is 0 Å². The minimum absolute atomic E-state index is 0.0125. The standard InChI is InChI=1S/C12H17N5O2/c1-3-5-7-17-9-8(10(18)15-11(13)14-9)16(6-4-2)12(17)19/h4H,2-3,5-7H2,1H3,(H3,13,14,15,18). The molecule has 0 amide bonds. The number of anilines is 1. The molecular weight excluding hydrogens is 246 g/mol. The van der Waals surface area contributed by atoms with Crippen molar-refractivity contribution >= 4 is 17.1 Å². The topological polar surface area (TPSA) is 98.7 Å². The molecule has 0 radical (unpaired) electrons. The molecule has 2 aromatic rings. The molecule has 0 unspecified atom stereocenters. The van der Waals surface area contributed by atoms with Crippen LogP contribution in [0.5, 0.6) is 0 Å². The Kier molecular flexibility index (Phi) is 3.55. The first-order valence-corrected chi connectivity index (χ1v) is 6.19. The number of fused-ring (bicyclic) bond motifs is 1. The molecule has 0 bridgehead atoms. The van der Waals surface area contributed by atoms with Gasteiger partial charge in [-0.15, -0.1) is 6.58 Å². The number of hydrogen-bond donors (Lipinski definition) is 2. The largest absolute Gasteiger partial charge is 0.369 e. The number of aryl methyl sites for hydroxylation is 1. The highest BCUT2D eigenvalue weighted by molar-refractivity contribution is 5.71. The van der Waals surface area contributed by atoms with Crippen molar-refractivity contribution in [2.45, 2.75) is 32.9 Å². The van der Waals surface area contributed by atoms with E-state index in [1.165, 1.54) is 9.13 Å². The molecule has 3 N–H and O–H groups in total. The van der Waals surface area contributed by atoms with Gasteiger partial charge in [0, 0.05) is 13.1 Å². The summed E-state index contributed by atoms with van der Waals surface area (Å²) in [6, 6.07) is 0. The minimum atomic E-state index is -0.406. The lowest BCUT2D eigenvalue weighted by Crippen LogP contribution is -2.25. The maximum absolute atomic E-state index is 12.3. The van der Waals surface area contributed by atoms with Gasteiger partial charge >= 0.3 is 5.69 Å². The van der Waals surface area contributed by atoms with E-state index in [1.807, 2.05) is 6.92 Å². The molecule has 2 heterocycles. The summed E-state index contributed by atoms with van der Waals surface area (Å²) in [5, 5.41) is 0. The van der Waals surface area contributed by atoms with Crippen LogP contribution in [-0.4, -0.2) is 19.1 Å². The van der Waals surface area contributed by atoms with Crippen molar-refractivity contribution < 1.29 is 0 Å². The number of nitrogens with two attached hydrogens (primary N) is 1.